The van der Waals surface area contributed by atoms with Crippen LogP contribution in [0, 0.1) is 5.82 Å². The highest BCUT2D eigenvalue weighted by atomic mass is 32.1. The van der Waals surface area contributed by atoms with E-state index in [2.05, 4.69) is 15.4 Å². The summed E-state index contributed by atoms with van der Waals surface area (Å²) in [6, 6.07) is 17.6. The molecule has 172 valence electrons. The van der Waals surface area contributed by atoms with Gasteiger partial charge in [0.05, 0.1) is 22.8 Å². The number of carbonyl (C=O) groups excluding carboxylic acids is 1. The Kier molecular flexibility index (Phi) is 5.11. The van der Waals surface area contributed by atoms with E-state index in [1.807, 2.05) is 53.2 Å². The van der Waals surface area contributed by atoms with E-state index < -0.39 is 0 Å². The lowest BCUT2D eigenvalue weighted by atomic mass is 10.1. The first kappa shape index (κ1) is 21.2. The molecule has 6 aromatic rings. The van der Waals surface area contributed by atoms with Crippen LogP contribution < -0.4 is 5.32 Å². The van der Waals surface area contributed by atoms with Crippen LogP contribution in [0.25, 0.3) is 38.5 Å². The number of imidazole rings is 1. The number of anilines is 1. The van der Waals surface area contributed by atoms with E-state index in [9.17, 15) is 9.18 Å². The van der Waals surface area contributed by atoms with E-state index in [1.165, 1.54) is 23.5 Å². The second-order valence-electron chi connectivity index (χ2n) is 7.94. The zero-order valence-corrected chi connectivity index (χ0v) is 19.5. The van der Waals surface area contributed by atoms with Crippen molar-refractivity contribution >= 4 is 39.1 Å². The maximum absolute atomic E-state index is 13.7. The standard InChI is InChI=1S/C26H19FN6OS/c1-2-33-23-20(15-28-33)19(14-21(29-23)16-6-4-3-5-7-16)25(34)31-24-22(17-8-10-18(27)11-9-17)30-26-32(24)12-13-35-26/h3-15H,2H2,1H3,(H,31,34). The number of benzene rings is 2. The summed E-state index contributed by atoms with van der Waals surface area (Å²) in [6.07, 6.45) is 3.52. The number of fused-ring (bicyclic) bond motifs is 2. The lowest BCUT2D eigenvalue weighted by Crippen LogP contribution is -2.15. The number of halogens is 1. The van der Waals surface area contributed by atoms with Gasteiger partial charge in [0.1, 0.15) is 17.3 Å². The van der Waals surface area contributed by atoms with E-state index in [1.54, 1.807) is 29.1 Å². The van der Waals surface area contributed by atoms with Crippen molar-refractivity contribution in [1.29, 1.82) is 0 Å². The summed E-state index contributed by atoms with van der Waals surface area (Å²) in [7, 11) is 0. The van der Waals surface area contributed by atoms with Crippen LogP contribution in [0.2, 0.25) is 0 Å². The van der Waals surface area contributed by atoms with Crippen molar-refractivity contribution in [2.75, 3.05) is 5.32 Å². The number of pyridine rings is 1. The monoisotopic (exact) mass is 482 g/mol. The fourth-order valence-corrected chi connectivity index (χ4v) is 4.83. The summed E-state index contributed by atoms with van der Waals surface area (Å²) in [6.45, 7) is 2.61. The van der Waals surface area contributed by atoms with Gasteiger partial charge in [-0.3, -0.25) is 9.20 Å². The van der Waals surface area contributed by atoms with Crippen molar-refractivity contribution < 1.29 is 9.18 Å². The van der Waals surface area contributed by atoms with Crippen molar-refractivity contribution in [3.05, 3.63) is 89.8 Å². The van der Waals surface area contributed by atoms with Crippen LogP contribution in [0.15, 0.2) is 78.4 Å². The molecular formula is C26H19FN6OS. The maximum Gasteiger partial charge on any atom is 0.257 e. The van der Waals surface area contributed by atoms with Crippen LogP contribution in [-0.4, -0.2) is 30.1 Å². The molecule has 0 saturated carbocycles. The molecule has 0 radical (unpaired) electrons. The molecule has 6 rings (SSSR count). The fourth-order valence-electron chi connectivity index (χ4n) is 4.11. The molecule has 4 aromatic heterocycles. The first-order chi connectivity index (χ1) is 17.1. The van der Waals surface area contributed by atoms with Crippen LogP contribution in [0.5, 0.6) is 0 Å². The molecule has 1 amide bonds. The molecule has 0 spiro atoms. The number of hydrogen-bond donors (Lipinski definition) is 1. The zero-order valence-electron chi connectivity index (χ0n) is 18.6. The van der Waals surface area contributed by atoms with Gasteiger partial charge in [0.2, 0.25) is 0 Å². The average molecular weight is 483 g/mol. The summed E-state index contributed by atoms with van der Waals surface area (Å²) in [5, 5.41) is 10.0. The molecule has 0 unspecified atom stereocenters. The Balaban J connectivity index is 1.48. The Morgan fingerprint density at radius 1 is 1.06 bits per heavy atom. The van der Waals surface area contributed by atoms with Crippen molar-refractivity contribution in [2.24, 2.45) is 0 Å². The van der Waals surface area contributed by atoms with Gasteiger partial charge in [-0.15, -0.1) is 11.3 Å². The van der Waals surface area contributed by atoms with Crippen LogP contribution >= 0.6 is 11.3 Å². The van der Waals surface area contributed by atoms with E-state index >= 15 is 0 Å². The van der Waals surface area contributed by atoms with Crippen molar-refractivity contribution in [3.8, 4) is 22.5 Å². The van der Waals surface area contributed by atoms with E-state index in [0.29, 0.717) is 45.9 Å². The van der Waals surface area contributed by atoms with Gasteiger partial charge < -0.3 is 5.32 Å². The van der Waals surface area contributed by atoms with Gasteiger partial charge in [-0.1, -0.05) is 30.3 Å². The molecule has 7 nitrogen and oxygen atoms in total. The van der Waals surface area contributed by atoms with Gasteiger partial charge in [0.25, 0.3) is 5.91 Å². The maximum atomic E-state index is 13.7. The molecule has 2 aromatic carbocycles. The lowest BCUT2D eigenvalue weighted by molar-refractivity contribution is 0.102. The molecule has 0 saturated heterocycles. The Hall–Kier alpha value is -4.37. The van der Waals surface area contributed by atoms with E-state index in [-0.39, 0.29) is 11.7 Å². The van der Waals surface area contributed by atoms with Gasteiger partial charge in [-0.25, -0.2) is 19.0 Å². The van der Waals surface area contributed by atoms with Crippen molar-refractivity contribution in [3.63, 3.8) is 0 Å². The Morgan fingerprint density at radius 3 is 2.63 bits per heavy atom. The van der Waals surface area contributed by atoms with Crippen molar-refractivity contribution in [2.45, 2.75) is 13.5 Å². The topological polar surface area (TPSA) is 77.1 Å². The number of hydrogen-bond acceptors (Lipinski definition) is 5. The third-order valence-electron chi connectivity index (χ3n) is 5.83. The lowest BCUT2D eigenvalue weighted by Gasteiger charge is -2.10. The minimum atomic E-state index is -0.332. The molecule has 9 heteroatoms. The van der Waals surface area contributed by atoms with Crippen LogP contribution in [-0.2, 0) is 6.54 Å². The van der Waals surface area contributed by atoms with E-state index in [0.717, 1.165) is 10.5 Å². The first-order valence-electron chi connectivity index (χ1n) is 11.1. The SMILES string of the molecule is CCn1ncc2c(C(=O)Nc3c(-c4ccc(F)cc4)nc4sccn34)cc(-c3ccccc3)nc21. The number of nitrogens with one attached hydrogen (secondary N) is 1. The summed E-state index contributed by atoms with van der Waals surface area (Å²) in [5.74, 6) is -0.116. The zero-order chi connectivity index (χ0) is 23.9. The minimum absolute atomic E-state index is 0.304. The summed E-state index contributed by atoms with van der Waals surface area (Å²) in [5.41, 5.74) is 3.98. The summed E-state index contributed by atoms with van der Waals surface area (Å²) in [4.78, 5) is 23.9. The van der Waals surface area contributed by atoms with Gasteiger partial charge in [-0.2, -0.15) is 5.10 Å². The van der Waals surface area contributed by atoms with Gasteiger partial charge in [0, 0.05) is 29.2 Å². The Morgan fingerprint density at radius 2 is 1.86 bits per heavy atom. The molecule has 0 fully saturated rings. The highest BCUT2D eigenvalue weighted by Crippen LogP contribution is 2.32. The number of aromatic nitrogens is 5. The second-order valence-corrected chi connectivity index (χ2v) is 8.82. The number of carbonyl (C=O) groups is 1. The predicted octanol–water partition coefficient (Wildman–Crippen LogP) is 5.89. The average Bonchev–Trinajstić information content (AvgIpc) is 3.60. The molecule has 0 aliphatic heterocycles. The number of nitrogens with zero attached hydrogens (tertiary/aromatic N) is 5. The minimum Gasteiger partial charge on any atom is -0.306 e. The van der Waals surface area contributed by atoms with Gasteiger partial charge in [-0.05, 0) is 37.3 Å². The highest BCUT2D eigenvalue weighted by Gasteiger charge is 2.22. The Labute approximate surface area is 203 Å². The second kappa shape index (κ2) is 8.44. The molecule has 1 N–H and O–H groups in total. The smallest absolute Gasteiger partial charge is 0.257 e. The van der Waals surface area contributed by atoms with Crippen molar-refractivity contribution in [1.82, 2.24) is 24.1 Å². The first-order valence-corrected chi connectivity index (χ1v) is 11.9. The third-order valence-corrected chi connectivity index (χ3v) is 6.59. The Bertz CT molecular complexity index is 1680. The number of amides is 1. The number of rotatable bonds is 5. The predicted molar refractivity (Wildman–Crippen MR) is 135 cm³/mol. The third kappa shape index (κ3) is 3.66. The highest BCUT2D eigenvalue weighted by molar-refractivity contribution is 7.15. The fraction of sp³-hybridized carbons (Fsp3) is 0.0769. The van der Waals surface area contributed by atoms with E-state index in [4.69, 9.17) is 4.98 Å². The molecule has 4 heterocycles. The summed E-state index contributed by atoms with van der Waals surface area (Å²) >= 11 is 1.45. The largest absolute Gasteiger partial charge is 0.306 e. The van der Waals surface area contributed by atoms with Crippen LogP contribution in [0.1, 0.15) is 17.3 Å². The summed E-state index contributed by atoms with van der Waals surface area (Å²) < 4.78 is 17.1. The quantitative estimate of drug-likeness (QED) is 0.333. The molecule has 0 aliphatic carbocycles. The molecule has 0 bridgehead atoms. The molecule has 35 heavy (non-hydrogen) atoms. The van der Waals surface area contributed by atoms with Crippen LogP contribution in [0.4, 0.5) is 10.2 Å². The molecule has 0 atom stereocenters. The van der Waals surface area contributed by atoms with Gasteiger partial charge in [0.15, 0.2) is 10.6 Å². The normalized spacial score (nSPS) is 11.4. The van der Waals surface area contributed by atoms with Gasteiger partial charge >= 0.3 is 0 Å². The number of thiazole rings is 1. The van der Waals surface area contributed by atoms with Crippen LogP contribution in [0.3, 0.4) is 0 Å². The molecule has 0 aliphatic rings. The molecular weight excluding hydrogens is 463 g/mol. The number of aryl methyl sites for hydroxylation is 1.